The molecular formula is C64H116N16O2. The molecule has 18 heteroatoms. The van der Waals surface area contributed by atoms with Gasteiger partial charge in [-0.25, -0.2) is 0 Å². The molecule has 0 radical (unpaired) electrons. The molecule has 18 nitrogen and oxygen atoms in total. The van der Waals surface area contributed by atoms with E-state index < -0.39 is 0 Å². The Hall–Kier alpha value is -0.720. The lowest BCUT2D eigenvalue weighted by Gasteiger charge is -2.35. The third-order valence-electron chi connectivity index (χ3n) is 27.6. The quantitative estimate of drug-likeness (QED) is 0.166. The van der Waals surface area contributed by atoms with Crippen LogP contribution in [0.15, 0.2) is 0 Å². The van der Waals surface area contributed by atoms with Crippen LogP contribution in [-0.4, -0.2) is 110 Å². The lowest BCUT2D eigenvalue weighted by atomic mass is 9.76. The van der Waals surface area contributed by atoms with Gasteiger partial charge in [0.05, 0.1) is 98.7 Å². The van der Waals surface area contributed by atoms with Gasteiger partial charge in [-0.15, -0.1) is 0 Å². The molecule has 8 saturated carbocycles. The fraction of sp³-hybridized carbons (Fsp3) is 1.00. The van der Waals surface area contributed by atoms with Crippen molar-refractivity contribution in [2.45, 2.75) is 304 Å². The summed E-state index contributed by atoms with van der Waals surface area (Å²) in [6, 6.07) is 0. The molecule has 10 aliphatic heterocycles. The fourth-order valence-corrected chi connectivity index (χ4v) is 23.9. The van der Waals surface area contributed by atoms with Gasteiger partial charge < -0.3 is 11.0 Å². The molecule has 0 aromatic rings. The molecule has 0 spiro atoms. The predicted octanol–water partition coefficient (Wildman–Crippen LogP) is 3.56. The topological polar surface area (TPSA) is 255 Å². The zero-order valence-corrected chi connectivity index (χ0v) is 50.1. The molecule has 10 saturated heterocycles. The van der Waals surface area contributed by atoms with E-state index in [0.29, 0.717) is 98.7 Å². The standard InChI is InChI=1S/2C32H56N8.2H2O/c2*1-2-10-18-17(9-1)25-33-26(18)38-28-21-13-5-6-14-22(21)30(35-28)40-32-24-16-8-7-15-23(24)31(36-32)39-29-20-12-4-3-11-19(20)27(34-29)37-25;;/h2*17-40H,1-16H2;2*1H2. The molecule has 18 aliphatic rings. The highest BCUT2D eigenvalue weighted by molar-refractivity contribution is 5.11. The van der Waals surface area contributed by atoms with Crippen molar-refractivity contribution in [1.82, 2.24) is 85.1 Å². The van der Waals surface area contributed by atoms with E-state index >= 15 is 0 Å². The van der Waals surface area contributed by atoms with Crippen LogP contribution in [0.4, 0.5) is 0 Å². The van der Waals surface area contributed by atoms with Gasteiger partial charge in [0.2, 0.25) is 0 Å². The van der Waals surface area contributed by atoms with Crippen LogP contribution in [-0.2, 0) is 0 Å². The van der Waals surface area contributed by atoms with Crippen molar-refractivity contribution in [3.63, 3.8) is 0 Å². The number of hydrogen-bond donors (Lipinski definition) is 16. The van der Waals surface area contributed by atoms with Crippen LogP contribution < -0.4 is 85.1 Å². The maximum atomic E-state index is 4.26. The van der Waals surface area contributed by atoms with Crippen LogP contribution in [0, 0.1) is 94.7 Å². The van der Waals surface area contributed by atoms with Gasteiger partial charge >= 0.3 is 0 Å². The van der Waals surface area contributed by atoms with E-state index in [9.17, 15) is 0 Å². The zero-order chi connectivity index (χ0) is 52.4. The molecule has 18 fully saturated rings. The molecule has 8 aliphatic carbocycles. The van der Waals surface area contributed by atoms with Gasteiger partial charge in [-0.05, 0) is 197 Å². The van der Waals surface area contributed by atoms with Gasteiger partial charge in [0, 0.05) is 0 Å². The van der Waals surface area contributed by atoms with Crippen molar-refractivity contribution in [2.75, 3.05) is 0 Å². The highest BCUT2D eigenvalue weighted by atomic mass is 16.0. The molecular weight excluding hydrogens is 1020 g/mol. The van der Waals surface area contributed by atoms with Crippen LogP contribution in [0.25, 0.3) is 0 Å². The summed E-state index contributed by atoms with van der Waals surface area (Å²) in [6.07, 6.45) is 51.1. The van der Waals surface area contributed by atoms with E-state index in [0.717, 1.165) is 94.7 Å². The van der Waals surface area contributed by atoms with Crippen molar-refractivity contribution >= 4 is 0 Å². The molecule has 16 unspecified atom stereocenters. The van der Waals surface area contributed by atoms with Crippen LogP contribution >= 0.6 is 0 Å². The molecule has 20 N–H and O–H groups in total. The molecule has 82 heavy (non-hydrogen) atoms. The van der Waals surface area contributed by atoms with Gasteiger partial charge in [0.15, 0.2) is 0 Å². The summed E-state index contributed by atoms with van der Waals surface area (Å²) in [5.41, 5.74) is 0. The van der Waals surface area contributed by atoms with Gasteiger partial charge in [-0.2, -0.15) is 0 Å². The second-order valence-electron chi connectivity index (χ2n) is 31.2. The highest BCUT2D eigenvalue weighted by Crippen LogP contribution is 2.49. The Bertz CT molecular complexity index is 1580. The smallest absolute Gasteiger partial charge is 0.0628 e. The van der Waals surface area contributed by atoms with E-state index in [1.54, 1.807) is 0 Å². The average molecular weight is 1140 g/mol. The Morgan fingerprint density at radius 2 is 0.171 bits per heavy atom. The van der Waals surface area contributed by atoms with Gasteiger partial charge in [-0.1, -0.05) is 103 Å². The SMILES string of the molecule is C1CCC2C3NC(NC4NC(NC5NC(NC6NC(N3)C3CCCCC63)C3CCCCC53)C3CCCCC43)C2C1.C1CCC2C3NC(NC4NC(NC5NC(NC6NC(N3)C3CCCCC63)C3CCCCC53)C3CCCCC43)C2C1.O.O. The highest BCUT2D eigenvalue weighted by Gasteiger charge is 2.57. The summed E-state index contributed by atoms with van der Waals surface area (Å²) < 4.78 is 0. The maximum Gasteiger partial charge on any atom is 0.0628 e. The lowest BCUT2D eigenvalue weighted by Crippen LogP contribution is -2.61. The predicted molar refractivity (Wildman–Crippen MR) is 322 cm³/mol. The summed E-state index contributed by atoms with van der Waals surface area (Å²) in [6.45, 7) is 0. The Kier molecular flexibility index (Phi) is 17.3. The van der Waals surface area contributed by atoms with E-state index in [4.69, 9.17) is 0 Å². The Balaban J connectivity index is 0.000000137. The molecule has 16 atom stereocenters. The fourth-order valence-electron chi connectivity index (χ4n) is 23.9. The number of hydrogen-bond acceptors (Lipinski definition) is 16. The van der Waals surface area contributed by atoms with E-state index in [-0.39, 0.29) is 11.0 Å². The Morgan fingerprint density at radius 1 is 0.110 bits per heavy atom. The second kappa shape index (κ2) is 24.6. The van der Waals surface area contributed by atoms with Crippen molar-refractivity contribution < 1.29 is 11.0 Å². The summed E-state index contributed by atoms with van der Waals surface area (Å²) in [7, 11) is 0. The van der Waals surface area contributed by atoms with Crippen LogP contribution in [0.1, 0.15) is 205 Å². The van der Waals surface area contributed by atoms with Crippen LogP contribution in [0.5, 0.6) is 0 Å². The first-order valence-electron chi connectivity index (χ1n) is 35.8. The van der Waals surface area contributed by atoms with Crippen molar-refractivity contribution in [3.05, 3.63) is 0 Å². The number of fused-ring (bicyclic) bond motifs is 40. The van der Waals surface area contributed by atoms with Crippen LogP contribution in [0.3, 0.4) is 0 Å². The first-order valence-corrected chi connectivity index (χ1v) is 35.8. The summed E-state index contributed by atoms with van der Waals surface area (Å²) >= 11 is 0. The summed E-state index contributed by atoms with van der Waals surface area (Å²) in [4.78, 5) is 0. The number of rotatable bonds is 0. The van der Waals surface area contributed by atoms with Crippen molar-refractivity contribution in [2.24, 2.45) is 94.7 Å². The van der Waals surface area contributed by atoms with Crippen molar-refractivity contribution in [1.29, 1.82) is 0 Å². The molecule has 18 rings (SSSR count). The number of nitrogens with one attached hydrogen (secondary N) is 16. The summed E-state index contributed by atoms with van der Waals surface area (Å²) in [5.74, 6) is 11.9. The van der Waals surface area contributed by atoms with Crippen LogP contribution in [0.2, 0.25) is 0 Å². The second-order valence-corrected chi connectivity index (χ2v) is 31.2. The van der Waals surface area contributed by atoms with Gasteiger partial charge in [0.25, 0.3) is 0 Å². The molecule has 464 valence electrons. The summed E-state index contributed by atoms with van der Waals surface area (Å²) in [5, 5.41) is 67.6. The maximum absolute atomic E-state index is 4.26. The van der Waals surface area contributed by atoms with Gasteiger partial charge in [-0.3, -0.25) is 85.1 Å². The van der Waals surface area contributed by atoms with E-state index in [1.807, 2.05) is 0 Å². The Labute approximate surface area is 492 Å². The zero-order valence-electron chi connectivity index (χ0n) is 50.1. The third-order valence-corrected chi connectivity index (χ3v) is 27.6. The molecule has 16 bridgehead atoms. The van der Waals surface area contributed by atoms with E-state index in [1.165, 1.54) is 205 Å². The molecule has 10 heterocycles. The molecule has 0 aromatic carbocycles. The molecule has 0 amide bonds. The Morgan fingerprint density at radius 3 is 0.232 bits per heavy atom. The normalized spacial score (nSPS) is 56.2. The van der Waals surface area contributed by atoms with Crippen molar-refractivity contribution in [3.8, 4) is 0 Å². The van der Waals surface area contributed by atoms with Gasteiger partial charge in [0.1, 0.15) is 0 Å². The lowest BCUT2D eigenvalue weighted by molar-refractivity contribution is 0.167. The largest absolute Gasteiger partial charge is 0.412 e. The average Bonchev–Trinajstić information content (AvgIpc) is 4.52. The minimum Gasteiger partial charge on any atom is -0.412 e. The monoisotopic (exact) mass is 1140 g/mol. The third kappa shape index (κ3) is 10.5. The minimum absolute atomic E-state index is 0. The minimum atomic E-state index is 0. The first-order chi connectivity index (χ1) is 39.6. The van der Waals surface area contributed by atoms with E-state index in [2.05, 4.69) is 85.1 Å². The molecule has 0 aromatic heterocycles. The first kappa shape index (κ1) is 57.7.